The van der Waals surface area contributed by atoms with E-state index in [0.717, 1.165) is 18.4 Å². The van der Waals surface area contributed by atoms with Crippen molar-refractivity contribution in [1.82, 2.24) is 14.9 Å². The van der Waals surface area contributed by atoms with Gasteiger partial charge in [0.05, 0.1) is 23.7 Å². The lowest BCUT2D eigenvalue weighted by molar-refractivity contribution is -0.120. The molecule has 0 radical (unpaired) electrons. The predicted octanol–water partition coefficient (Wildman–Crippen LogP) is 2.01. The standard InChI is InChI=1S/C21H20N4O3/c1-25-12-22-18-11-14(4-9-17(18)21(25)28)20(27)24-16-5-2-13(3-6-16)10-19(26)23-15-7-8-15/h2-6,9,11-12,15H,7-8,10H2,1H3,(H,23,26)(H,24,27). The molecule has 2 aromatic carbocycles. The second-order valence-corrected chi connectivity index (χ2v) is 7.06. The summed E-state index contributed by atoms with van der Waals surface area (Å²) < 4.78 is 1.40. The second-order valence-electron chi connectivity index (χ2n) is 7.06. The van der Waals surface area contributed by atoms with E-state index in [0.29, 0.717) is 34.6 Å². The van der Waals surface area contributed by atoms with Gasteiger partial charge in [0.25, 0.3) is 11.5 Å². The van der Waals surface area contributed by atoms with Crippen molar-refractivity contribution in [2.45, 2.75) is 25.3 Å². The summed E-state index contributed by atoms with van der Waals surface area (Å²) in [6.45, 7) is 0. The number of rotatable bonds is 5. The van der Waals surface area contributed by atoms with Gasteiger partial charge in [0.1, 0.15) is 0 Å². The zero-order valence-electron chi connectivity index (χ0n) is 15.4. The average Bonchev–Trinajstić information content (AvgIpc) is 3.50. The molecule has 2 amide bonds. The number of carbonyl (C=O) groups excluding carboxylic acids is 2. The van der Waals surface area contributed by atoms with E-state index in [1.165, 1.54) is 10.9 Å². The number of hydrogen-bond acceptors (Lipinski definition) is 4. The van der Waals surface area contributed by atoms with Crippen molar-refractivity contribution >= 4 is 28.4 Å². The van der Waals surface area contributed by atoms with Crippen LogP contribution in [0.3, 0.4) is 0 Å². The minimum Gasteiger partial charge on any atom is -0.353 e. The first-order valence-corrected chi connectivity index (χ1v) is 9.14. The maximum absolute atomic E-state index is 12.5. The predicted molar refractivity (Wildman–Crippen MR) is 106 cm³/mol. The van der Waals surface area contributed by atoms with Gasteiger partial charge in [-0.15, -0.1) is 0 Å². The summed E-state index contributed by atoms with van der Waals surface area (Å²) in [6.07, 6.45) is 3.89. The monoisotopic (exact) mass is 376 g/mol. The largest absolute Gasteiger partial charge is 0.353 e. The molecular formula is C21H20N4O3. The summed E-state index contributed by atoms with van der Waals surface area (Å²) in [5.41, 5.74) is 2.27. The Morgan fingerprint density at radius 1 is 1.14 bits per heavy atom. The van der Waals surface area contributed by atoms with Gasteiger partial charge in [0, 0.05) is 24.3 Å². The normalized spacial score (nSPS) is 13.3. The van der Waals surface area contributed by atoms with Crippen molar-refractivity contribution in [3.8, 4) is 0 Å². The fourth-order valence-electron chi connectivity index (χ4n) is 2.95. The van der Waals surface area contributed by atoms with Crippen LogP contribution < -0.4 is 16.2 Å². The molecule has 2 N–H and O–H groups in total. The third-order valence-electron chi connectivity index (χ3n) is 4.70. The van der Waals surface area contributed by atoms with Crippen LogP contribution >= 0.6 is 0 Å². The van der Waals surface area contributed by atoms with Gasteiger partial charge in [-0.05, 0) is 48.7 Å². The first kappa shape index (κ1) is 17.9. The second kappa shape index (κ2) is 7.26. The van der Waals surface area contributed by atoms with Crippen molar-refractivity contribution in [2.24, 2.45) is 7.05 Å². The lowest BCUT2D eigenvalue weighted by Gasteiger charge is -2.08. The Balaban J connectivity index is 1.44. The molecule has 1 saturated carbocycles. The lowest BCUT2D eigenvalue weighted by Crippen LogP contribution is -2.26. The van der Waals surface area contributed by atoms with Gasteiger partial charge in [-0.1, -0.05) is 12.1 Å². The van der Waals surface area contributed by atoms with Gasteiger partial charge in [-0.2, -0.15) is 0 Å². The highest BCUT2D eigenvalue weighted by Gasteiger charge is 2.23. The minimum absolute atomic E-state index is 0.0223. The van der Waals surface area contributed by atoms with Crippen LogP contribution in [0, 0.1) is 0 Å². The van der Waals surface area contributed by atoms with Gasteiger partial charge in [-0.3, -0.25) is 14.4 Å². The van der Waals surface area contributed by atoms with Crippen LogP contribution in [0.4, 0.5) is 5.69 Å². The molecular weight excluding hydrogens is 356 g/mol. The Hall–Kier alpha value is -3.48. The van der Waals surface area contributed by atoms with Crippen molar-refractivity contribution < 1.29 is 9.59 Å². The highest BCUT2D eigenvalue weighted by Crippen LogP contribution is 2.19. The van der Waals surface area contributed by atoms with Crippen LogP contribution in [-0.4, -0.2) is 27.4 Å². The summed E-state index contributed by atoms with van der Waals surface area (Å²) >= 11 is 0. The van der Waals surface area contributed by atoms with Gasteiger partial charge in [0.2, 0.25) is 5.91 Å². The molecule has 1 aliphatic rings. The zero-order valence-corrected chi connectivity index (χ0v) is 15.4. The molecule has 0 spiro atoms. The van der Waals surface area contributed by atoms with E-state index in [4.69, 9.17) is 0 Å². The van der Waals surface area contributed by atoms with Gasteiger partial charge >= 0.3 is 0 Å². The molecule has 0 atom stereocenters. The molecule has 1 heterocycles. The van der Waals surface area contributed by atoms with Gasteiger partial charge in [0.15, 0.2) is 0 Å². The summed E-state index contributed by atoms with van der Waals surface area (Å²) in [5, 5.41) is 6.24. The van der Waals surface area contributed by atoms with Crippen molar-refractivity contribution in [3.05, 3.63) is 70.3 Å². The highest BCUT2D eigenvalue weighted by molar-refractivity contribution is 6.06. The molecule has 0 unspecified atom stereocenters. The minimum atomic E-state index is -0.288. The molecule has 142 valence electrons. The number of carbonyl (C=O) groups is 2. The molecule has 0 saturated heterocycles. The Morgan fingerprint density at radius 3 is 2.61 bits per heavy atom. The number of hydrogen-bond donors (Lipinski definition) is 2. The van der Waals surface area contributed by atoms with Crippen molar-refractivity contribution in [2.75, 3.05) is 5.32 Å². The van der Waals surface area contributed by atoms with Crippen LogP contribution in [0.2, 0.25) is 0 Å². The zero-order chi connectivity index (χ0) is 19.7. The van der Waals surface area contributed by atoms with E-state index in [1.807, 2.05) is 12.1 Å². The number of anilines is 1. The molecule has 0 bridgehead atoms. The summed E-state index contributed by atoms with van der Waals surface area (Å²) in [7, 11) is 1.63. The molecule has 1 fully saturated rings. The number of nitrogens with zero attached hydrogens (tertiary/aromatic N) is 2. The smallest absolute Gasteiger partial charge is 0.260 e. The van der Waals surface area contributed by atoms with E-state index in [1.54, 1.807) is 37.4 Å². The van der Waals surface area contributed by atoms with E-state index in [-0.39, 0.29) is 17.4 Å². The number of benzene rings is 2. The highest BCUT2D eigenvalue weighted by atomic mass is 16.2. The molecule has 1 aliphatic carbocycles. The Kier molecular flexibility index (Phi) is 4.65. The van der Waals surface area contributed by atoms with Crippen LogP contribution in [0.5, 0.6) is 0 Å². The number of aryl methyl sites for hydroxylation is 1. The van der Waals surface area contributed by atoms with Crippen LogP contribution in [0.15, 0.2) is 53.6 Å². The first-order valence-electron chi connectivity index (χ1n) is 9.14. The fraction of sp³-hybridized carbons (Fsp3) is 0.238. The quantitative estimate of drug-likeness (QED) is 0.712. The van der Waals surface area contributed by atoms with E-state index in [2.05, 4.69) is 15.6 Å². The Labute approximate surface area is 161 Å². The molecule has 1 aromatic heterocycles. The van der Waals surface area contributed by atoms with Gasteiger partial charge < -0.3 is 15.2 Å². The number of amides is 2. The SMILES string of the molecule is Cn1cnc2cc(C(=O)Nc3ccc(CC(=O)NC4CC4)cc3)ccc2c1=O. The average molecular weight is 376 g/mol. The Morgan fingerprint density at radius 2 is 1.89 bits per heavy atom. The molecule has 7 heteroatoms. The third-order valence-corrected chi connectivity index (χ3v) is 4.70. The molecule has 4 rings (SSSR count). The maximum Gasteiger partial charge on any atom is 0.260 e. The van der Waals surface area contributed by atoms with E-state index in [9.17, 15) is 14.4 Å². The van der Waals surface area contributed by atoms with Crippen LogP contribution in [0.1, 0.15) is 28.8 Å². The third kappa shape index (κ3) is 3.93. The summed E-state index contributed by atoms with van der Waals surface area (Å²) in [6, 6.07) is 12.4. The van der Waals surface area contributed by atoms with E-state index >= 15 is 0 Å². The fourth-order valence-corrected chi connectivity index (χ4v) is 2.95. The van der Waals surface area contributed by atoms with Crippen molar-refractivity contribution in [3.63, 3.8) is 0 Å². The number of fused-ring (bicyclic) bond motifs is 1. The first-order chi connectivity index (χ1) is 13.5. The molecule has 0 aliphatic heterocycles. The summed E-state index contributed by atoms with van der Waals surface area (Å²) in [4.78, 5) is 40.6. The molecule has 3 aromatic rings. The summed E-state index contributed by atoms with van der Waals surface area (Å²) in [5.74, 6) is -0.266. The van der Waals surface area contributed by atoms with Crippen LogP contribution in [0.25, 0.3) is 10.9 Å². The lowest BCUT2D eigenvalue weighted by atomic mass is 10.1. The van der Waals surface area contributed by atoms with E-state index < -0.39 is 0 Å². The number of nitrogens with one attached hydrogen (secondary N) is 2. The maximum atomic E-state index is 12.5. The molecule has 28 heavy (non-hydrogen) atoms. The Bertz CT molecular complexity index is 1110. The van der Waals surface area contributed by atoms with Crippen LogP contribution in [-0.2, 0) is 18.3 Å². The topological polar surface area (TPSA) is 93.1 Å². The van der Waals surface area contributed by atoms with Gasteiger partial charge in [-0.25, -0.2) is 4.98 Å². The number of aromatic nitrogens is 2. The van der Waals surface area contributed by atoms with Crippen molar-refractivity contribution in [1.29, 1.82) is 0 Å². The molecule has 7 nitrogen and oxygen atoms in total.